The standard InChI is InChI=1S/C17H19NO5S/c1-11(2)23-14-6-8-15(9-7-14)24(21,22)18-16-10-13(17(19)20)5-4-12(16)3/h4-11,18H,1-3H3,(H,19,20). The summed E-state index contributed by atoms with van der Waals surface area (Å²) in [5.74, 6) is -0.543. The van der Waals surface area contributed by atoms with Crippen LogP contribution in [0.4, 0.5) is 5.69 Å². The molecule has 0 atom stereocenters. The molecule has 2 aromatic rings. The third kappa shape index (κ3) is 4.26. The molecule has 2 aromatic carbocycles. The Hall–Kier alpha value is -2.54. The van der Waals surface area contributed by atoms with E-state index in [0.717, 1.165) is 0 Å². The number of anilines is 1. The van der Waals surface area contributed by atoms with Crippen LogP contribution in [0.1, 0.15) is 29.8 Å². The molecule has 0 heterocycles. The summed E-state index contributed by atoms with van der Waals surface area (Å²) in [6.07, 6.45) is -0.00742. The fourth-order valence-electron chi connectivity index (χ4n) is 2.04. The number of rotatable bonds is 6. The molecular weight excluding hydrogens is 330 g/mol. The Bertz CT molecular complexity index is 842. The molecule has 128 valence electrons. The molecule has 7 heteroatoms. The molecule has 0 spiro atoms. The minimum Gasteiger partial charge on any atom is -0.491 e. The van der Waals surface area contributed by atoms with Gasteiger partial charge in [-0.2, -0.15) is 0 Å². The molecule has 6 nitrogen and oxygen atoms in total. The Morgan fingerprint density at radius 1 is 1.12 bits per heavy atom. The van der Waals surface area contributed by atoms with Gasteiger partial charge >= 0.3 is 5.97 Å². The fourth-order valence-corrected chi connectivity index (χ4v) is 3.16. The van der Waals surface area contributed by atoms with E-state index in [1.165, 1.54) is 24.3 Å². The van der Waals surface area contributed by atoms with Crippen LogP contribution in [-0.2, 0) is 10.0 Å². The molecular formula is C17H19NO5S. The van der Waals surface area contributed by atoms with E-state index >= 15 is 0 Å². The number of carboxylic acids is 1. The molecule has 24 heavy (non-hydrogen) atoms. The van der Waals surface area contributed by atoms with Gasteiger partial charge in [-0.15, -0.1) is 0 Å². The normalized spacial score (nSPS) is 11.3. The van der Waals surface area contributed by atoms with Gasteiger partial charge in [-0.3, -0.25) is 4.72 Å². The minimum atomic E-state index is -3.82. The number of sulfonamides is 1. The summed E-state index contributed by atoms with van der Waals surface area (Å²) < 4.78 is 32.8. The molecule has 2 rings (SSSR count). The zero-order valence-corrected chi connectivity index (χ0v) is 14.4. The Kier molecular flexibility index (Phi) is 5.14. The molecule has 0 saturated heterocycles. The van der Waals surface area contributed by atoms with Gasteiger partial charge in [-0.25, -0.2) is 13.2 Å². The van der Waals surface area contributed by atoms with Gasteiger partial charge in [0.1, 0.15) is 5.75 Å². The topological polar surface area (TPSA) is 92.7 Å². The quantitative estimate of drug-likeness (QED) is 0.835. The van der Waals surface area contributed by atoms with Crippen LogP contribution in [-0.4, -0.2) is 25.6 Å². The first-order valence-electron chi connectivity index (χ1n) is 7.32. The van der Waals surface area contributed by atoms with Crippen molar-refractivity contribution in [2.75, 3.05) is 4.72 Å². The van der Waals surface area contributed by atoms with E-state index in [2.05, 4.69) is 4.72 Å². The monoisotopic (exact) mass is 349 g/mol. The van der Waals surface area contributed by atoms with Crippen molar-refractivity contribution in [1.82, 2.24) is 0 Å². The summed E-state index contributed by atoms with van der Waals surface area (Å²) in [6.45, 7) is 5.46. The summed E-state index contributed by atoms with van der Waals surface area (Å²) in [5, 5.41) is 9.03. The highest BCUT2D eigenvalue weighted by molar-refractivity contribution is 7.92. The van der Waals surface area contributed by atoms with Crippen molar-refractivity contribution in [3.8, 4) is 5.75 Å². The summed E-state index contributed by atoms with van der Waals surface area (Å²) in [7, 11) is -3.82. The molecule has 0 aliphatic carbocycles. The minimum absolute atomic E-state index is 0.00742. The highest BCUT2D eigenvalue weighted by Crippen LogP contribution is 2.23. The number of aryl methyl sites for hydroxylation is 1. The second-order valence-electron chi connectivity index (χ2n) is 5.58. The van der Waals surface area contributed by atoms with Crippen LogP contribution in [0.25, 0.3) is 0 Å². The predicted octanol–water partition coefficient (Wildman–Crippen LogP) is 3.28. The van der Waals surface area contributed by atoms with E-state index in [1.807, 2.05) is 13.8 Å². The Morgan fingerprint density at radius 2 is 1.75 bits per heavy atom. The first kappa shape index (κ1) is 17.8. The van der Waals surface area contributed by atoms with Crippen molar-refractivity contribution < 1.29 is 23.1 Å². The van der Waals surface area contributed by atoms with Gasteiger partial charge < -0.3 is 9.84 Å². The molecule has 0 aromatic heterocycles. The summed E-state index contributed by atoms with van der Waals surface area (Å²) in [4.78, 5) is 11.1. The smallest absolute Gasteiger partial charge is 0.335 e. The lowest BCUT2D eigenvalue weighted by atomic mass is 10.1. The van der Waals surface area contributed by atoms with Crippen LogP contribution in [0.15, 0.2) is 47.4 Å². The lowest BCUT2D eigenvalue weighted by molar-refractivity contribution is 0.0697. The van der Waals surface area contributed by atoms with Gasteiger partial charge in [0.25, 0.3) is 10.0 Å². The maximum atomic E-state index is 12.5. The second kappa shape index (κ2) is 6.92. The van der Waals surface area contributed by atoms with Gasteiger partial charge in [-0.05, 0) is 62.7 Å². The lowest BCUT2D eigenvalue weighted by Crippen LogP contribution is -2.14. The zero-order valence-electron chi connectivity index (χ0n) is 13.6. The van der Waals surface area contributed by atoms with E-state index in [1.54, 1.807) is 25.1 Å². The molecule has 0 radical (unpaired) electrons. The van der Waals surface area contributed by atoms with E-state index in [-0.39, 0.29) is 22.3 Å². The largest absolute Gasteiger partial charge is 0.491 e. The molecule has 0 aliphatic rings. The maximum Gasteiger partial charge on any atom is 0.335 e. The third-order valence-electron chi connectivity index (χ3n) is 3.23. The number of hydrogen-bond acceptors (Lipinski definition) is 4. The number of ether oxygens (including phenoxy) is 1. The van der Waals surface area contributed by atoms with Crippen molar-refractivity contribution in [1.29, 1.82) is 0 Å². The van der Waals surface area contributed by atoms with Crippen LogP contribution < -0.4 is 9.46 Å². The number of hydrogen-bond donors (Lipinski definition) is 2. The molecule has 0 aliphatic heterocycles. The third-order valence-corrected chi connectivity index (χ3v) is 4.62. The van der Waals surface area contributed by atoms with Crippen molar-refractivity contribution in [3.05, 3.63) is 53.6 Å². The van der Waals surface area contributed by atoms with Crippen molar-refractivity contribution in [2.24, 2.45) is 0 Å². The van der Waals surface area contributed by atoms with Gasteiger partial charge in [0.05, 0.1) is 22.3 Å². The Labute approximate surface area is 141 Å². The Morgan fingerprint density at radius 3 is 2.29 bits per heavy atom. The van der Waals surface area contributed by atoms with E-state index in [4.69, 9.17) is 9.84 Å². The summed E-state index contributed by atoms with van der Waals surface area (Å²) >= 11 is 0. The number of aromatic carboxylic acids is 1. The Balaban J connectivity index is 2.28. The van der Waals surface area contributed by atoms with Crippen LogP contribution in [0.3, 0.4) is 0 Å². The number of carboxylic acid groups (broad SMARTS) is 1. The lowest BCUT2D eigenvalue weighted by Gasteiger charge is -2.13. The molecule has 0 bridgehead atoms. The first-order chi connectivity index (χ1) is 11.2. The van der Waals surface area contributed by atoms with Crippen LogP contribution in [0.5, 0.6) is 5.75 Å². The van der Waals surface area contributed by atoms with Crippen molar-refractivity contribution >= 4 is 21.7 Å². The van der Waals surface area contributed by atoms with Crippen LogP contribution in [0.2, 0.25) is 0 Å². The zero-order chi connectivity index (χ0) is 17.9. The van der Waals surface area contributed by atoms with E-state index < -0.39 is 16.0 Å². The van der Waals surface area contributed by atoms with Crippen LogP contribution in [0, 0.1) is 6.92 Å². The molecule has 0 amide bonds. The van der Waals surface area contributed by atoms with Crippen LogP contribution >= 0.6 is 0 Å². The predicted molar refractivity (Wildman–Crippen MR) is 91.2 cm³/mol. The SMILES string of the molecule is Cc1ccc(C(=O)O)cc1NS(=O)(=O)c1ccc(OC(C)C)cc1. The molecule has 0 saturated carbocycles. The summed E-state index contributed by atoms with van der Waals surface area (Å²) in [5.41, 5.74) is 0.875. The highest BCUT2D eigenvalue weighted by atomic mass is 32.2. The number of nitrogens with one attached hydrogen (secondary N) is 1. The maximum absolute atomic E-state index is 12.5. The molecule has 0 unspecified atom stereocenters. The van der Waals surface area contributed by atoms with Gasteiger partial charge in [-0.1, -0.05) is 6.07 Å². The molecule has 2 N–H and O–H groups in total. The molecule has 0 fully saturated rings. The van der Waals surface area contributed by atoms with Gasteiger partial charge in [0, 0.05) is 0 Å². The van der Waals surface area contributed by atoms with E-state index in [0.29, 0.717) is 11.3 Å². The fraction of sp³-hybridized carbons (Fsp3) is 0.235. The number of carbonyl (C=O) groups is 1. The summed E-state index contributed by atoms with van der Waals surface area (Å²) in [6, 6.07) is 10.3. The number of benzene rings is 2. The van der Waals surface area contributed by atoms with Gasteiger partial charge in [0.2, 0.25) is 0 Å². The van der Waals surface area contributed by atoms with Crippen molar-refractivity contribution in [3.63, 3.8) is 0 Å². The van der Waals surface area contributed by atoms with Gasteiger partial charge in [0.15, 0.2) is 0 Å². The average Bonchev–Trinajstić information content (AvgIpc) is 2.49. The average molecular weight is 349 g/mol. The first-order valence-corrected chi connectivity index (χ1v) is 8.81. The second-order valence-corrected chi connectivity index (χ2v) is 7.26. The highest BCUT2D eigenvalue weighted by Gasteiger charge is 2.16. The van der Waals surface area contributed by atoms with Crippen molar-refractivity contribution in [2.45, 2.75) is 31.8 Å². The van der Waals surface area contributed by atoms with E-state index in [9.17, 15) is 13.2 Å².